The van der Waals surface area contributed by atoms with E-state index in [1.54, 1.807) is 4.90 Å². The number of nitrogens with zero attached hydrogens (tertiary/aromatic N) is 1. The third-order valence-corrected chi connectivity index (χ3v) is 3.61. The van der Waals surface area contributed by atoms with E-state index in [2.05, 4.69) is 6.92 Å². The number of amides is 1. The van der Waals surface area contributed by atoms with Crippen LogP contribution in [0.2, 0.25) is 0 Å². The van der Waals surface area contributed by atoms with Gasteiger partial charge in [-0.2, -0.15) is 0 Å². The van der Waals surface area contributed by atoms with Crippen molar-refractivity contribution in [3.8, 4) is 0 Å². The number of carbonyl (C=O) groups is 1. The molecule has 4 heteroatoms. The monoisotopic (exact) mass is 292 g/mol. The van der Waals surface area contributed by atoms with Gasteiger partial charge in [-0.15, -0.1) is 0 Å². The molecular weight excluding hydrogens is 264 g/mol. The maximum absolute atomic E-state index is 12.2. The van der Waals surface area contributed by atoms with Gasteiger partial charge in [0.15, 0.2) is 0 Å². The van der Waals surface area contributed by atoms with Crippen LogP contribution in [0.5, 0.6) is 0 Å². The summed E-state index contributed by atoms with van der Waals surface area (Å²) in [5.41, 5.74) is 7.50. The van der Waals surface area contributed by atoms with Crippen molar-refractivity contribution in [3.63, 3.8) is 0 Å². The third kappa shape index (κ3) is 7.14. The fourth-order valence-electron chi connectivity index (χ4n) is 2.31. The largest absolute Gasteiger partial charge is 0.399 e. The molecule has 0 bridgehead atoms. The van der Waals surface area contributed by atoms with Crippen LogP contribution in [0.15, 0.2) is 24.3 Å². The molecule has 3 N–H and O–H groups in total. The number of benzene rings is 1. The minimum Gasteiger partial charge on any atom is -0.399 e. The van der Waals surface area contributed by atoms with Crippen molar-refractivity contribution >= 4 is 11.6 Å². The zero-order valence-electron chi connectivity index (χ0n) is 13.1. The first kappa shape index (κ1) is 17.5. The van der Waals surface area contributed by atoms with Crippen LogP contribution in [-0.4, -0.2) is 35.6 Å². The van der Waals surface area contributed by atoms with Gasteiger partial charge in [0.1, 0.15) is 0 Å². The fraction of sp³-hybridized carbons (Fsp3) is 0.588. The smallest absolute Gasteiger partial charge is 0.222 e. The van der Waals surface area contributed by atoms with Crippen LogP contribution in [0, 0.1) is 0 Å². The number of hydrogen-bond acceptors (Lipinski definition) is 3. The SMILES string of the molecule is CCCCCCN(CCO)C(=O)CCc1ccc(N)cc1. The maximum Gasteiger partial charge on any atom is 0.222 e. The predicted octanol–water partition coefficient (Wildman–Crippen LogP) is 2.60. The van der Waals surface area contributed by atoms with E-state index in [1.807, 2.05) is 24.3 Å². The minimum atomic E-state index is 0.0292. The molecule has 21 heavy (non-hydrogen) atoms. The number of hydrogen-bond donors (Lipinski definition) is 2. The van der Waals surface area contributed by atoms with Gasteiger partial charge >= 0.3 is 0 Å². The molecule has 1 aromatic rings. The van der Waals surface area contributed by atoms with Gasteiger partial charge < -0.3 is 15.7 Å². The highest BCUT2D eigenvalue weighted by molar-refractivity contribution is 5.76. The van der Waals surface area contributed by atoms with Gasteiger partial charge in [0.25, 0.3) is 0 Å². The highest BCUT2D eigenvalue weighted by atomic mass is 16.3. The molecule has 0 heterocycles. The lowest BCUT2D eigenvalue weighted by molar-refractivity contribution is -0.131. The molecule has 1 rings (SSSR count). The Bertz CT molecular complexity index is 404. The highest BCUT2D eigenvalue weighted by Crippen LogP contribution is 2.09. The maximum atomic E-state index is 12.2. The van der Waals surface area contributed by atoms with Crippen LogP contribution in [0.4, 0.5) is 5.69 Å². The second-order valence-electron chi connectivity index (χ2n) is 5.41. The van der Waals surface area contributed by atoms with Crippen LogP contribution in [0.1, 0.15) is 44.6 Å². The number of nitrogens with two attached hydrogens (primary N) is 1. The molecule has 0 aliphatic heterocycles. The molecule has 1 amide bonds. The molecule has 0 atom stereocenters. The summed E-state index contributed by atoms with van der Waals surface area (Å²) in [7, 11) is 0. The third-order valence-electron chi connectivity index (χ3n) is 3.61. The van der Waals surface area contributed by atoms with Crippen LogP contribution in [0.3, 0.4) is 0 Å². The first-order valence-electron chi connectivity index (χ1n) is 7.90. The Labute approximate surface area is 128 Å². The molecule has 0 aromatic heterocycles. The Morgan fingerprint density at radius 3 is 2.48 bits per heavy atom. The van der Waals surface area contributed by atoms with Crippen molar-refractivity contribution in [2.75, 3.05) is 25.4 Å². The molecule has 0 radical (unpaired) electrons. The molecule has 118 valence electrons. The molecule has 0 saturated heterocycles. The van der Waals surface area contributed by atoms with E-state index in [9.17, 15) is 4.79 Å². The normalized spacial score (nSPS) is 10.6. The number of aryl methyl sites for hydroxylation is 1. The molecule has 0 spiro atoms. The average molecular weight is 292 g/mol. The number of aliphatic hydroxyl groups excluding tert-OH is 1. The molecular formula is C17H28N2O2. The van der Waals surface area contributed by atoms with Crippen LogP contribution >= 0.6 is 0 Å². The van der Waals surface area contributed by atoms with Crippen molar-refractivity contribution < 1.29 is 9.90 Å². The Morgan fingerprint density at radius 1 is 1.14 bits per heavy atom. The predicted molar refractivity (Wildman–Crippen MR) is 87.0 cm³/mol. The molecule has 1 aromatic carbocycles. The number of rotatable bonds is 10. The van der Waals surface area contributed by atoms with Gasteiger partial charge in [0.2, 0.25) is 5.91 Å². The van der Waals surface area contributed by atoms with E-state index in [-0.39, 0.29) is 12.5 Å². The van der Waals surface area contributed by atoms with E-state index in [0.29, 0.717) is 13.0 Å². The summed E-state index contributed by atoms with van der Waals surface area (Å²) >= 11 is 0. The first-order chi connectivity index (χ1) is 10.2. The van der Waals surface area contributed by atoms with Crippen LogP contribution in [-0.2, 0) is 11.2 Å². The lowest BCUT2D eigenvalue weighted by Gasteiger charge is -2.21. The lowest BCUT2D eigenvalue weighted by atomic mass is 10.1. The number of unbranched alkanes of at least 4 members (excludes halogenated alkanes) is 3. The molecule has 0 aliphatic carbocycles. The van der Waals surface area contributed by atoms with Gasteiger partial charge in [-0.3, -0.25) is 4.79 Å². The standard InChI is InChI=1S/C17H28N2O2/c1-2-3-4-5-12-19(13-14-20)17(21)11-8-15-6-9-16(18)10-7-15/h6-7,9-10,20H,2-5,8,11-14,18H2,1H3. The molecule has 4 nitrogen and oxygen atoms in total. The van der Waals surface area contributed by atoms with E-state index in [1.165, 1.54) is 12.8 Å². The van der Waals surface area contributed by atoms with Crippen LogP contribution in [0.25, 0.3) is 0 Å². The molecule has 0 aliphatic rings. The summed E-state index contributed by atoms with van der Waals surface area (Å²) in [4.78, 5) is 14.0. The number of anilines is 1. The summed E-state index contributed by atoms with van der Waals surface area (Å²) in [5, 5.41) is 9.10. The van der Waals surface area contributed by atoms with Gasteiger partial charge in [-0.25, -0.2) is 0 Å². The average Bonchev–Trinajstić information content (AvgIpc) is 2.49. The second kappa shape index (κ2) is 10.2. The van der Waals surface area contributed by atoms with Crippen molar-refractivity contribution in [1.29, 1.82) is 0 Å². The van der Waals surface area contributed by atoms with Crippen molar-refractivity contribution in [3.05, 3.63) is 29.8 Å². The van der Waals surface area contributed by atoms with E-state index < -0.39 is 0 Å². The zero-order chi connectivity index (χ0) is 15.5. The Morgan fingerprint density at radius 2 is 1.86 bits per heavy atom. The number of nitrogen functional groups attached to an aromatic ring is 1. The van der Waals surface area contributed by atoms with Crippen molar-refractivity contribution in [2.45, 2.75) is 45.4 Å². The second-order valence-corrected chi connectivity index (χ2v) is 5.41. The Balaban J connectivity index is 2.38. The van der Waals surface area contributed by atoms with E-state index in [4.69, 9.17) is 10.8 Å². The van der Waals surface area contributed by atoms with E-state index in [0.717, 1.165) is 37.1 Å². The van der Waals surface area contributed by atoms with Gasteiger partial charge in [-0.05, 0) is 30.5 Å². The summed E-state index contributed by atoms with van der Waals surface area (Å²) in [5.74, 6) is 0.123. The van der Waals surface area contributed by atoms with Crippen molar-refractivity contribution in [1.82, 2.24) is 4.90 Å². The minimum absolute atomic E-state index is 0.0292. The quantitative estimate of drug-likeness (QED) is 0.514. The summed E-state index contributed by atoms with van der Waals surface area (Å²) in [6, 6.07) is 7.63. The summed E-state index contributed by atoms with van der Waals surface area (Å²) in [6.45, 7) is 3.39. The number of carbonyl (C=O) groups excluding carboxylic acids is 1. The number of aliphatic hydroxyl groups is 1. The molecule has 0 saturated carbocycles. The van der Waals surface area contributed by atoms with Crippen molar-refractivity contribution in [2.24, 2.45) is 0 Å². The topological polar surface area (TPSA) is 66.6 Å². The molecule has 0 unspecified atom stereocenters. The van der Waals surface area contributed by atoms with E-state index >= 15 is 0 Å². The molecule has 0 fully saturated rings. The van der Waals surface area contributed by atoms with Gasteiger partial charge in [-0.1, -0.05) is 38.3 Å². The Hall–Kier alpha value is -1.55. The van der Waals surface area contributed by atoms with Crippen LogP contribution < -0.4 is 5.73 Å². The van der Waals surface area contributed by atoms with Gasteiger partial charge in [0.05, 0.1) is 6.61 Å². The highest BCUT2D eigenvalue weighted by Gasteiger charge is 2.12. The first-order valence-corrected chi connectivity index (χ1v) is 7.90. The lowest BCUT2D eigenvalue weighted by Crippen LogP contribution is -2.34. The summed E-state index contributed by atoms with van der Waals surface area (Å²) in [6.07, 6.45) is 5.75. The Kier molecular flexibility index (Phi) is 8.51. The fourth-order valence-corrected chi connectivity index (χ4v) is 2.31. The summed E-state index contributed by atoms with van der Waals surface area (Å²) < 4.78 is 0. The zero-order valence-corrected chi connectivity index (χ0v) is 13.1. The van der Waals surface area contributed by atoms with Gasteiger partial charge in [0, 0.05) is 25.2 Å².